The highest BCUT2D eigenvalue weighted by Gasteiger charge is 2.25. The molecule has 0 unspecified atom stereocenters. The molecule has 2 rings (SSSR count). The van der Waals surface area contributed by atoms with E-state index in [1.54, 1.807) is 44.7 Å². The zero-order valence-corrected chi connectivity index (χ0v) is 15.1. The van der Waals surface area contributed by atoms with E-state index in [9.17, 15) is 14.0 Å². The lowest BCUT2D eigenvalue weighted by Crippen LogP contribution is -2.49. The molecule has 0 bridgehead atoms. The Morgan fingerprint density at radius 2 is 1.88 bits per heavy atom. The molecular formula is C19H25FN2O3. The van der Waals surface area contributed by atoms with Crippen LogP contribution in [0.2, 0.25) is 0 Å². The Labute approximate surface area is 147 Å². The van der Waals surface area contributed by atoms with E-state index in [1.807, 2.05) is 6.08 Å². The molecule has 0 saturated carbocycles. The zero-order chi connectivity index (χ0) is 18.6. The van der Waals surface area contributed by atoms with Crippen LogP contribution in [0.15, 0.2) is 30.3 Å². The molecule has 0 fully saturated rings. The van der Waals surface area contributed by atoms with Crippen LogP contribution in [0.5, 0.6) is 0 Å². The molecule has 1 N–H and O–H groups in total. The lowest BCUT2D eigenvalue weighted by Gasteiger charge is -2.29. The van der Waals surface area contributed by atoms with Crippen LogP contribution < -0.4 is 5.32 Å². The van der Waals surface area contributed by atoms with Crippen molar-refractivity contribution >= 4 is 17.6 Å². The van der Waals surface area contributed by atoms with E-state index in [2.05, 4.69) is 5.32 Å². The highest BCUT2D eigenvalue weighted by molar-refractivity contribution is 5.86. The van der Waals surface area contributed by atoms with E-state index < -0.39 is 17.7 Å². The van der Waals surface area contributed by atoms with Gasteiger partial charge >= 0.3 is 6.09 Å². The summed E-state index contributed by atoms with van der Waals surface area (Å²) in [5, 5.41) is 2.57. The molecule has 25 heavy (non-hydrogen) atoms. The molecule has 1 aliphatic rings. The van der Waals surface area contributed by atoms with Gasteiger partial charge in [0.25, 0.3) is 0 Å². The maximum atomic E-state index is 13.0. The second-order valence-corrected chi connectivity index (χ2v) is 7.14. The first-order valence-electron chi connectivity index (χ1n) is 8.39. The van der Waals surface area contributed by atoms with Crippen LogP contribution in [-0.2, 0) is 9.53 Å². The van der Waals surface area contributed by atoms with E-state index in [-0.39, 0.29) is 11.7 Å². The van der Waals surface area contributed by atoms with Gasteiger partial charge in [-0.3, -0.25) is 4.79 Å². The van der Waals surface area contributed by atoms with Gasteiger partial charge in [0.15, 0.2) is 0 Å². The minimum Gasteiger partial charge on any atom is -0.444 e. The quantitative estimate of drug-likeness (QED) is 0.911. The minimum absolute atomic E-state index is 0.153. The first-order valence-corrected chi connectivity index (χ1v) is 8.39. The Hall–Kier alpha value is -2.37. The van der Waals surface area contributed by atoms with Crippen LogP contribution in [-0.4, -0.2) is 41.6 Å². The number of halogens is 1. The number of ether oxygens (including phenoxy) is 1. The van der Waals surface area contributed by atoms with Gasteiger partial charge in [-0.2, -0.15) is 0 Å². The first-order chi connectivity index (χ1) is 11.7. The first kappa shape index (κ1) is 19.0. The molecule has 0 radical (unpaired) electrons. The third kappa shape index (κ3) is 5.59. The number of hydrogen-bond acceptors (Lipinski definition) is 3. The van der Waals surface area contributed by atoms with Crippen LogP contribution in [0.3, 0.4) is 0 Å². The fraction of sp³-hybridized carbons (Fsp3) is 0.474. The van der Waals surface area contributed by atoms with Crippen molar-refractivity contribution in [3.8, 4) is 0 Å². The van der Waals surface area contributed by atoms with Crippen molar-refractivity contribution in [3.05, 3.63) is 41.7 Å². The fourth-order valence-corrected chi connectivity index (χ4v) is 2.62. The number of hydrogen-bond donors (Lipinski definition) is 1. The standard InChI is InChI=1S/C19H25FN2O3/c1-13(21-18(24)25-19(2,3)4)17(23)22-11-9-15(10-12-22)14-5-7-16(20)8-6-14/h5-9,13H,10-12H2,1-4H3,(H,21,24)/t13-/m0/s1. The van der Waals surface area contributed by atoms with Crippen molar-refractivity contribution in [2.75, 3.05) is 13.1 Å². The van der Waals surface area contributed by atoms with Crippen molar-refractivity contribution in [2.45, 2.75) is 45.8 Å². The highest BCUT2D eigenvalue weighted by Crippen LogP contribution is 2.22. The molecule has 0 aliphatic carbocycles. The zero-order valence-electron chi connectivity index (χ0n) is 15.1. The second-order valence-electron chi connectivity index (χ2n) is 7.14. The SMILES string of the molecule is C[C@H](NC(=O)OC(C)(C)C)C(=O)N1CC=C(c2ccc(F)cc2)CC1. The molecule has 1 aliphatic heterocycles. The molecule has 6 heteroatoms. The van der Waals surface area contributed by atoms with E-state index in [4.69, 9.17) is 4.74 Å². The molecule has 1 aromatic carbocycles. The summed E-state index contributed by atoms with van der Waals surface area (Å²) in [6.45, 7) is 7.97. The average Bonchev–Trinajstić information content (AvgIpc) is 2.53. The van der Waals surface area contributed by atoms with Crippen molar-refractivity contribution in [1.82, 2.24) is 10.2 Å². The van der Waals surface area contributed by atoms with Crippen molar-refractivity contribution in [1.29, 1.82) is 0 Å². The van der Waals surface area contributed by atoms with Gasteiger partial charge in [-0.1, -0.05) is 18.2 Å². The van der Waals surface area contributed by atoms with E-state index in [0.717, 1.165) is 11.1 Å². The maximum absolute atomic E-state index is 13.0. The Balaban J connectivity index is 1.91. The Morgan fingerprint density at radius 3 is 2.40 bits per heavy atom. The largest absolute Gasteiger partial charge is 0.444 e. The number of carbonyl (C=O) groups excluding carboxylic acids is 2. The summed E-state index contributed by atoms with van der Waals surface area (Å²) in [6, 6.07) is 5.69. The highest BCUT2D eigenvalue weighted by atomic mass is 19.1. The molecular weight excluding hydrogens is 323 g/mol. The maximum Gasteiger partial charge on any atom is 0.408 e. The Bertz CT molecular complexity index is 662. The van der Waals surface area contributed by atoms with Gasteiger partial charge in [0.05, 0.1) is 0 Å². The lowest BCUT2D eigenvalue weighted by molar-refractivity contribution is -0.132. The number of amides is 2. The van der Waals surface area contributed by atoms with Gasteiger partial charge in [-0.05, 0) is 57.4 Å². The summed E-state index contributed by atoms with van der Waals surface area (Å²) in [7, 11) is 0. The number of rotatable bonds is 3. The predicted molar refractivity (Wildman–Crippen MR) is 94.4 cm³/mol. The smallest absolute Gasteiger partial charge is 0.408 e. The summed E-state index contributed by atoms with van der Waals surface area (Å²) in [4.78, 5) is 25.9. The molecule has 1 atom stereocenters. The van der Waals surface area contributed by atoms with Crippen molar-refractivity contribution < 1.29 is 18.7 Å². The lowest BCUT2D eigenvalue weighted by atomic mass is 9.99. The van der Waals surface area contributed by atoms with Gasteiger partial charge in [0.1, 0.15) is 17.5 Å². The summed E-state index contributed by atoms with van der Waals surface area (Å²) in [5.74, 6) is -0.417. The van der Waals surface area contributed by atoms with Crippen LogP contribution >= 0.6 is 0 Å². The molecule has 2 amide bonds. The second kappa shape index (κ2) is 7.68. The van der Waals surface area contributed by atoms with Crippen LogP contribution in [0.1, 0.15) is 39.7 Å². The van der Waals surface area contributed by atoms with Gasteiger partial charge in [0, 0.05) is 13.1 Å². The Kier molecular flexibility index (Phi) is 5.82. The molecule has 1 heterocycles. The number of alkyl carbamates (subject to hydrolysis) is 1. The number of nitrogens with one attached hydrogen (secondary N) is 1. The van der Waals surface area contributed by atoms with Crippen molar-refractivity contribution in [2.24, 2.45) is 0 Å². The normalized spacial score (nSPS) is 16.0. The number of carbonyl (C=O) groups is 2. The fourth-order valence-electron chi connectivity index (χ4n) is 2.62. The van der Waals surface area contributed by atoms with Gasteiger partial charge < -0.3 is 15.0 Å². The molecule has 0 saturated heterocycles. The van der Waals surface area contributed by atoms with E-state index in [1.165, 1.54) is 12.1 Å². The van der Waals surface area contributed by atoms with E-state index >= 15 is 0 Å². The summed E-state index contributed by atoms with van der Waals surface area (Å²) >= 11 is 0. The molecule has 136 valence electrons. The summed E-state index contributed by atoms with van der Waals surface area (Å²) in [5.41, 5.74) is 1.45. The van der Waals surface area contributed by atoms with Crippen molar-refractivity contribution in [3.63, 3.8) is 0 Å². The van der Waals surface area contributed by atoms with Crippen LogP contribution in [0.4, 0.5) is 9.18 Å². The molecule has 0 aromatic heterocycles. The number of nitrogens with zero attached hydrogens (tertiary/aromatic N) is 1. The van der Waals surface area contributed by atoms with Gasteiger partial charge in [0.2, 0.25) is 5.91 Å². The average molecular weight is 348 g/mol. The van der Waals surface area contributed by atoms with E-state index in [0.29, 0.717) is 19.5 Å². The molecule has 1 aromatic rings. The van der Waals surface area contributed by atoms with Gasteiger partial charge in [-0.15, -0.1) is 0 Å². The summed E-state index contributed by atoms with van der Waals surface area (Å²) < 4.78 is 18.2. The van der Waals surface area contributed by atoms with Gasteiger partial charge in [-0.25, -0.2) is 9.18 Å². The van der Waals surface area contributed by atoms with Crippen LogP contribution in [0.25, 0.3) is 5.57 Å². The molecule has 5 nitrogen and oxygen atoms in total. The predicted octanol–water partition coefficient (Wildman–Crippen LogP) is 3.35. The van der Waals surface area contributed by atoms with Crippen LogP contribution in [0, 0.1) is 5.82 Å². The third-order valence-corrected chi connectivity index (χ3v) is 3.84. The molecule has 0 spiro atoms. The minimum atomic E-state index is -0.657. The Morgan fingerprint density at radius 1 is 1.24 bits per heavy atom. The number of benzene rings is 1. The third-order valence-electron chi connectivity index (χ3n) is 3.84. The summed E-state index contributed by atoms with van der Waals surface area (Å²) in [6.07, 6.45) is 2.05. The topological polar surface area (TPSA) is 58.6 Å². The monoisotopic (exact) mass is 348 g/mol.